The highest BCUT2D eigenvalue weighted by Gasteiger charge is 2.24. The molecule has 2 atom stereocenters. The summed E-state index contributed by atoms with van der Waals surface area (Å²) in [5.41, 5.74) is 2.47. The van der Waals surface area contributed by atoms with E-state index in [9.17, 15) is 4.79 Å². The highest BCUT2D eigenvalue weighted by molar-refractivity contribution is 5.77. The average molecular weight is 247 g/mol. The Balaban J connectivity index is 2.04. The van der Waals surface area contributed by atoms with Crippen LogP contribution in [0.1, 0.15) is 13.8 Å². The van der Waals surface area contributed by atoms with Gasteiger partial charge in [0, 0.05) is 36.9 Å². The molecule has 5 nitrogen and oxygen atoms in total. The molecule has 2 aromatic rings. The molecule has 0 bridgehead atoms. The number of benzene rings is 1. The molecule has 0 spiro atoms. The van der Waals surface area contributed by atoms with Crippen molar-refractivity contribution in [3.63, 3.8) is 0 Å². The van der Waals surface area contributed by atoms with E-state index in [2.05, 4.69) is 29.0 Å². The van der Waals surface area contributed by atoms with E-state index in [-0.39, 0.29) is 0 Å². The monoisotopic (exact) mass is 247 g/mol. The fourth-order valence-electron chi connectivity index (χ4n) is 2.74. The predicted molar refractivity (Wildman–Crippen MR) is 71.1 cm³/mol. The zero-order chi connectivity index (χ0) is 12.7. The van der Waals surface area contributed by atoms with Crippen molar-refractivity contribution >= 4 is 16.8 Å². The molecule has 1 aromatic heterocycles. The molecule has 2 heterocycles. The molecule has 0 saturated carbocycles. The first-order chi connectivity index (χ1) is 8.65. The summed E-state index contributed by atoms with van der Waals surface area (Å²) < 4.78 is 5.12. The quantitative estimate of drug-likeness (QED) is 0.797. The van der Waals surface area contributed by atoms with Crippen molar-refractivity contribution in [1.82, 2.24) is 10.3 Å². The Morgan fingerprint density at radius 1 is 1.28 bits per heavy atom. The van der Waals surface area contributed by atoms with Crippen LogP contribution in [-0.2, 0) is 0 Å². The fourth-order valence-corrected chi connectivity index (χ4v) is 2.74. The maximum atomic E-state index is 11.2. The van der Waals surface area contributed by atoms with Gasteiger partial charge in [-0.15, -0.1) is 0 Å². The van der Waals surface area contributed by atoms with Crippen molar-refractivity contribution < 1.29 is 4.42 Å². The molecule has 3 rings (SSSR count). The fraction of sp³-hybridized carbons (Fsp3) is 0.462. The van der Waals surface area contributed by atoms with Gasteiger partial charge in [-0.2, -0.15) is 0 Å². The molecule has 5 heteroatoms. The van der Waals surface area contributed by atoms with Crippen molar-refractivity contribution in [3.05, 3.63) is 28.7 Å². The van der Waals surface area contributed by atoms with Gasteiger partial charge in [-0.1, -0.05) is 0 Å². The lowest BCUT2D eigenvalue weighted by atomic mass is 10.1. The second kappa shape index (κ2) is 4.17. The normalized spacial score (nSPS) is 24.7. The molecule has 2 unspecified atom stereocenters. The largest absolute Gasteiger partial charge is 0.417 e. The van der Waals surface area contributed by atoms with Gasteiger partial charge in [0.15, 0.2) is 5.58 Å². The number of nitrogens with zero attached hydrogens (tertiary/aromatic N) is 1. The van der Waals surface area contributed by atoms with Gasteiger partial charge in [0.1, 0.15) is 0 Å². The molecular formula is C13H17N3O2. The van der Waals surface area contributed by atoms with Crippen LogP contribution in [0.4, 0.5) is 5.69 Å². The van der Waals surface area contributed by atoms with Gasteiger partial charge in [0.05, 0.1) is 5.52 Å². The van der Waals surface area contributed by atoms with Gasteiger partial charge >= 0.3 is 5.76 Å². The van der Waals surface area contributed by atoms with E-state index in [1.54, 1.807) is 0 Å². The number of oxazole rings is 1. The van der Waals surface area contributed by atoms with Gasteiger partial charge in [0.25, 0.3) is 0 Å². The minimum Gasteiger partial charge on any atom is -0.408 e. The molecule has 0 aliphatic carbocycles. The number of anilines is 1. The number of fused-ring (bicyclic) bond motifs is 1. The zero-order valence-electron chi connectivity index (χ0n) is 10.6. The van der Waals surface area contributed by atoms with Gasteiger partial charge in [-0.05, 0) is 26.0 Å². The molecule has 1 saturated heterocycles. The Bertz CT molecular complexity index is 606. The summed E-state index contributed by atoms with van der Waals surface area (Å²) in [5, 5.41) is 3.40. The van der Waals surface area contributed by atoms with Crippen LogP contribution in [0.2, 0.25) is 0 Å². The molecule has 18 heavy (non-hydrogen) atoms. The van der Waals surface area contributed by atoms with Crippen molar-refractivity contribution in [2.24, 2.45) is 0 Å². The van der Waals surface area contributed by atoms with E-state index in [0.29, 0.717) is 17.7 Å². The van der Waals surface area contributed by atoms with Crippen molar-refractivity contribution in [2.45, 2.75) is 25.9 Å². The van der Waals surface area contributed by atoms with E-state index in [0.717, 1.165) is 24.3 Å². The van der Waals surface area contributed by atoms with Crippen molar-refractivity contribution in [1.29, 1.82) is 0 Å². The summed E-state index contributed by atoms with van der Waals surface area (Å²) >= 11 is 0. The second-order valence-electron chi connectivity index (χ2n) is 4.96. The zero-order valence-corrected chi connectivity index (χ0v) is 10.6. The standard InChI is InChI=1S/C13H17N3O2/c1-8-6-14-7-9(2)16(8)10-3-4-11-12(5-10)18-13(17)15-11/h3-5,8-9,14H,6-7H2,1-2H3,(H,15,17). The Morgan fingerprint density at radius 3 is 2.72 bits per heavy atom. The van der Waals surface area contributed by atoms with Crippen LogP contribution in [-0.4, -0.2) is 30.2 Å². The molecule has 1 aliphatic heterocycles. The Kier molecular flexibility index (Phi) is 2.63. The molecule has 1 aromatic carbocycles. The summed E-state index contributed by atoms with van der Waals surface area (Å²) in [5.74, 6) is -0.399. The number of aromatic amines is 1. The van der Waals surface area contributed by atoms with Crippen LogP contribution in [0.15, 0.2) is 27.4 Å². The Hall–Kier alpha value is -1.75. The Labute approximate surface area is 105 Å². The van der Waals surface area contributed by atoms with Crippen molar-refractivity contribution in [3.8, 4) is 0 Å². The third-order valence-electron chi connectivity index (χ3n) is 3.53. The van der Waals surface area contributed by atoms with Gasteiger partial charge in [-0.3, -0.25) is 4.98 Å². The Morgan fingerprint density at radius 2 is 2.00 bits per heavy atom. The first-order valence-corrected chi connectivity index (χ1v) is 6.27. The molecule has 0 radical (unpaired) electrons. The lowest BCUT2D eigenvalue weighted by molar-refractivity contribution is 0.432. The average Bonchev–Trinajstić information content (AvgIpc) is 2.68. The molecule has 96 valence electrons. The van der Waals surface area contributed by atoms with E-state index in [1.807, 2.05) is 18.2 Å². The maximum absolute atomic E-state index is 11.2. The highest BCUT2D eigenvalue weighted by atomic mass is 16.4. The smallest absolute Gasteiger partial charge is 0.408 e. The topological polar surface area (TPSA) is 61.3 Å². The number of rotatable bonds is 1. The number of hydrogen-bond acceptors (Lipinski definition) is 4. The van der Waals surface area contributed by atoms with Crippen LogP contribution in [0, 0.1) is 0 Å². The molecule has 0 amide bonds. The van der Waals surface area contributed by atoms with E-state index in [1.165, 1.54) is 0 Å². The number of aromatic nitrogens is 1. The van der Waals surface area contributed by atoms with E-state index < -0.39 is 5.76 Å². The molecule has 1 fully saturated rings. The number of H-pyrrole nitrogens is 1. The number of hydrogen-bond donors (Lipinski definition) is 2. The minimum absolute atomic E-state index is 0.399. The van der Waals surface area contributed by atoms with Crippen LogP contribution < -0.4 is 16.0 Å². The second-order valence-corrected chi connectivity index (χ2v) is 4.96. The van der Waals surface area contributed by atoms with Gasteiger partial charge in [0.2, 0.25) is 0 Å². The molecule has 1 aliphatic rings. The maximum Gasteiger partial charge on any atom is 0.417 e. The van der Waals surface area contributed by atoms with E-state index in [4.69, 9.17) is 4.42 Å². The lowest BCUT2D eigenvalue weighted by Crippen LogP contribution is -2.55. The summed E-state index contributed by atoms with van der Waals surface area (Å²) in [6.45, 7) is 6.33. The number of nitrogens with one attached hydrogen (secondary N) is 2. The van der Waals surface area contributed by atoms with Crippen LogP contribution >= 0.6 is 0 Å². The van der Waals surface area contributed by atoms with Crippen LogP contribution in [0.25, 0.3) is 11.1 Å². The summed E-state index contributed by atoms with van der Waals surface area (Å²) in [4.78, 5) is 16.2. The van der Waals surface area contributed by atoms with Gasteiger partial charge < -0.3 is 14.6 Å². The first kappa shape index (κ1) is 11.3. The van der Waals surface area contributed by atoms with Crippen molar-refractivity contribution in [2.75, 3.05) is 18.0 Å². The lowest BCUT2D eigenvalue weighted by Gasteiger charge is -2.41. The van der Waals surface area contributed by atoms with Gasteiger partial charge in [-0.25, -0.2) is 4.79 Å². The minimum atomic E-state index is -0.399. The van der Waals surface area contributed by atoms with E-state index >= 15 is 0 Å². The van der Waals surface area contributed by atoms with Crippen LogP contribution in [0.3, 0.4) is 0 Å². The van der Waals surface area contributed by atoms with Crippen LogP contribution in [0.5, 0.6) is 0 Å². The third kappa shape index (κ3) is 1.80. The molecule has 2 N–H and O–H groups in total. The third-order valence-corrected chi connectivity index (χ3v) is 3.53. The SMILES string of the molecule is CC1CNCC(C)N1c1ccc2[nH]c(=O)oc2c1. The molecular weight excluding hydrogens is 230 g/mol. The first-order valence-electron chi connectivity index (χ1n) is 6.27. The predicted octanol–water partition coefficient (Wildman–Crippen LogP) is 1.31. The summed E-state index contributed by atoms with van der Waals surface area (Å²) in [6, 6.07) is 6.73. The number of piperazine rings is 1. The highest BCUT2D eigenvalue weighted by Crippen LogP contribution is 2.25. The summed E-state index contributed by atoms with van der Waals surface area (Å²) in [7, 11) is 0. The summed E-state index contributed by atoms with van der Waals surface area (Å²) in [6.07, 6.45) is 0.